The van der Waals surface area contributed by atoms with Crippen LogP contribution in [0.15, 0.2) is 17.0 Å². The Kier molecular flexibility index (Phi) is 3.87. The van der Waals surface area contributed by atoms with E-state index in [1.165, 1.54) is 0 Å². The van der Waals surface area contributed by atoms with Crippen LogP contribution in [0.3, 0.4) is 0 Å². The molecular formula is C11H14N4OS. The highest BCUT2D eigenvalue weighted by atomic mass is 32.1. The number of anilines is 1. The number of ether oxygens (including phenoxy) is 1. The van der Waals surface area contributed by atoms with Gasteiger partial charge in [-0.15, -0.1) is 11.3 Å². The smallest absolute Gasteiger partial charge is 0.218 e. The first kappa shape index (κ1) is 11.8. The lowest BCUT2D eigenvalue weighted by molar-refractivity contribution is 0.396. The summed E-state index contributed by atoms with van der Waals surface area (Å²) >= 11 is 1.61. The van der Waals surface area contributed by atoms with Crippen LogP contribution in [0, 0.1) is 6.92 Å². The fourth-order valence-electron chi connectivity index (χ4n) is 1.42. The Bertz CT molecular complexity index is 472. The van der Waals surface area contributed by atoms with E-state index in [1.54, 1.807) is 24.5 Å². The largest absolute Gasteiger partial charge is 0.481 e. The second-order valence-electron chi connectivity index (χ2n) is 3.50. The third kappa shape index (κ3) is 3.39. The molecule has 0 aromatic carbocycles. The summed E-state index contributed by atoms with van der Waals surface area (Å²) in [6.45, 7) is 2.64. The van der Waals surface area contributed by atoms with Crippen molar-refractivity contribution in [1.29, 1.82) is 0 Å². The quantitative estimate of drug-likeness (QED) is 0.878. The third-order valence-corrected chi connectivity index (χ3v) is 2.83. The SMILES string of the molecule is COc1cc(NCCc2cscn2)nc(C)n1. The van der Waals surface area contributed by atoms with Gasteiger partial charge in [0.25, 0.3) is 0 Å². The molecule has 17 heavy (non-hydrogen) atoms. The van der Waals surface area contributed by atoms with Crippen LogP contribution in [0.5, 0.6) is 5.88 Å². The van der Waals surface area contributed by atoms with Gasteiger partial charge in [0.05, 0.1) is 18.3 Å². The highest BCUT2D eigenvalue weighted by Crippen LogP contribution is 2.12. The molecule has 2 aromatic rings. The molecule has 0 unspecified atom stereocenters. The van der Waals surface area contributed by atoms with Crippen molar-refractivity contribution >= 4 is 17.2 Å². The van der Waals surface area contributed by atoms with Crippen molar-refractivity contribution in [3.63, 3.8) is 0 Å². The predicted octanol–water partition coefficient (Wildman–Crippen LogP) is 1.90. The molecule has 2 rings (SSSR count). The van der Waals surface area contributed by atoms with Crippen LogP contribution in [0.4, 0.5) is 5.82 Å². The molecule has 1 N–H and O–H groups in total. The first-order valence-corrected chi connectivity index (χ1v) is 6.23. The third-order valence-electron chi connectivity index (χ3n) is 2.19. The van der Waals surface area contributed by atoms with Gasteiger partial charge in [-0.25, -0.2) is 9.97 Å². The number of aromatic nitrogens is 3. The molecule has 0 aliphatic rings. The van der Waals surface area contributed by atoms with E-state index in [0.717, 1.165) is 24.5 Å². The lowest BCUT2D eigenvalue weighted by Gasteiger charge is -2.06. The maximum absolute atomic E-state index is 5.09. The molecule has 90 valence electrons. The van der Waals surface area contributed by atoms with Gasteiger partial charge in [0.1, 0.15) is 11.6 Å². The van der Waals surface area contributed by atoms with Crippen molar-refractivity contribution in [2.75, 3.05) is 19.0 Å². The van der Waals surface area contributed by atoms with Gasteiger partial charge in [0.2, 0.25) is 5.88 Å². The van der Waals surface area contributed by atoms with E-state index in [-0.39, 0.29) is 0 Å². The van der Waals surface area contributed by atoms with Gasteiger partial charge in [0.15, 0.2) is 0 Å². The zero-order valence-electron chi connectivity index (χ0n) is 9.80. The van der Waals surface area contributed by atoms with E-state index in [9.17, 15) is 0 Å². The van der Waals surface area contributed by atoms with E-state index in [0.29, 0.717) is 11.7 Å². The van der Waals surface area contributed by atoms with Crippen molar-refractivity contribution in [3.05, 3.63) is 28.5 Å². The van der Waals surface area contributed by atoms with E-state index in [1.807, 2.05) is 17.8 Å². The lowest BCUT2D eigenvalue weighted by atomic mass is 10.3. The summed E-state index contributed by atoms with van der Waals surface area (Å²) < 4.78 is 5.09. The fourth-order valence-corrected chi connectivity index (χ4v) is 2.01. The van der Waals surface area contributed by atoms with Crippen LogP contribution in [-0.4, -0.2) is 28.6 Å². The van der Waals surface area contributed by atoms with Crippen molar-refractivity contribution in [3.8, 4) is 5.88 Å². The zero-order valence-corrected chi connectivity index (χ0v) is 10.6. The highest BCUT2D eigenvalue weighted by Gasteiger charge is 2.01. The number of hydrogen-bond donors (Lipinski definition) is 1. The van der Waals surface area contributed by atoms with Gasteiger partial charge >= 0.3 is 0 Å². The van der Waals surface area contributed by atoms with E-state index in [4.69, 9.17) is 4.74 Å². The van der Waals surface area contributed by atoms with Gasteiger partial charge in [-0.2, -0.15) is 4.98 Å². The Morgan fingerprint density at radius 2 is 2.29 bits per heavy atom. The van der Waals surface area contributed by atoms with Crippen LogP contribution < -0.4 is 10.1 Å². The van der Waals surface area contributed by atoms with Crippen LogP contribution in [0.2, 0.25) is 0 Å². The minimum atomic E-state index is 0.577. The predicted molar refractivity (Wildman–Crippen MR) is 67.6 cm³/mol. The van der Waals surface area contributed by atoms with Crippen molar-refractivity contribution in [2.24, 2.45) is 0 Å². The molecule has 6 heteroatoms. The Morgan fingerprint density at radius 1 is 1.41 bits per heavy atom. The van der Waals surface area contributed by atoms with Gasteiger partial charge in [-0.1, -0.05) is 0 Å². The van der Waals surface area contributed by atoms with Gasteiger partial charge in [0, 0.05) is 24.4 Å². The topological polar surface area (TPSA) is 59.9 Å². The molecule has 2 aromatic heterocycles. The molecular weight excluding hydrogens is 236 g/mol. The van der Waals surface area contributed by atoms with E-state index >= 15 is 0 Å². The molecule has 2 heterocycles. The number of rotatable bonds is 5. The minimum Gasteiger partial charge on any atom is -0.481 e. The highest BCUT2D eigenvalue weighted by molar-refractivity contribution is 7.07. The zero-order chi connectivity index (χ0) is 12.1. The summed E-state index contributed by atoms with van der Waals surface area (Å²) in [5, 5.41) is 5.28. The standard InChI is InChI=1S/C11H14N4OS/c1-8-14-10(5-11(15-8)16-2)12-4-3-9-6-17-7-13-9/h5-7H,3-4H2,1-2H3,(H,12,14,15). The Hall–Kier alpha value is -1.69. The van der Waals surface area contributed by atoms with Crippen LogP contribution in [-0.2, 0) is 6.42 Å². The fraction of sp³-hybridized carbons (Fsp3) is 0.364. The van der Waals surface area contributed by atoms with Crippen LogP contribution >= 0.6 is 11.3 Å². The molecule has 0 saturated heterocycles. The number of aryl methyl sites for hydroxylation is 1. The number of nitrogens with zero attached hydrogens (tertiary/aromatic N) is 3. The second-order valence-corrected chi connectivity index (χ2v) is 4.22. The molecule has 0 spiro atoms. The van der Waals surface area contributed by atoms with Gasteiger partial charge < -0.3 is 10.1 Å². The summed E-state index contributed by atoms with van der Waals surface area (Å²) in [4.78, 5) is 12.6. The van der Waals surface area contributed by atoms with Crippen LogP contribution in [0.1, 0.15) is 11.5 Å². The molecule has 0 bridgehead atoms. The first-order chi connectivity index (χ1) is 8.28. The molecule has 0 saturated carbocycles. The summed E-state index contributed by atoms with van der Waals surface area (Å²) in [6, 6.07) is 1.79. The molecule has 0 aliphatic heterocycles. The molecule has 0 amide bonds. The van der Waals surface area contributed by atoms with Gasteiger partial charge in [-0.3, -0.25) is 0 Å². The Morgan fingerprint density at radius 3 is 3.00 bits per heavy atom. The average Bonchev–Trinajstić information content (AvgIpc) is 2.81. The molecule has 0 atom stereocenters. The summed E-state index contributed by atoms with van der Waals surface area (Å²) in [5.74, 6) is 2.05. The van der Waals surface area contributed by atoms with Crippen molar-refractivity contribution in [1.82, 2.24) is 15.0 Å². The first-order valence-electron chi connectivity index (χ1n) is 5.28. The number of methoxy groups -OCH3 is 1. The van der Waals surface area contributed by atoms with Crippen LogP contribution in [0.25, 0.3) is 0 Å². The molecule has 0 aliphatic carbocycles. The van der Waals surface area contributed by atoms with Crippen molar-refractivity contribution < 1.29 is 4.74 Å². The maximum atomic E-state index is 5.09. The van der Waals surface area contributed by atoms with Crippen molar-refractivity contribution in [2.45, 2.75) is 13.3 Å². The normalized spacial score (nSPS) is 10.2. The molecule has 0 radical (unpaired) electrons. The molecule has 0 fully saturated rings. The number of hydrogen-bond acceptors (Lipinski definition) is 6. The van der Waals surface area contributed by atoms with E-state index < -0.39 is 0 Å². The number of nitrogens with one attached hydrogen (secondary N) is 1. The lowest BCUT2D eigenvalue weighted by Crippen LogP contribution is -2.08. The Balaban J connectivity index is 1.92. The summed E-state index contributed by atoms with van der Waals surface area (Å²) in [6.07, 6.45) is 0.884. The van der Waals surface area contributed by atoms with Gasteiger partial charge in [-0.05, 0) is 6.92 Å². The second kappa shape index (κ2) is 5.58. The Labute approximate surface area is 104 Å². The average molecular weight is 250 g/mol. The van der Waals surface area contributed by atoms with E-state index in [2.05, 4.69) is 20.3 Å². The summed E-state index contributed by atoms with van der Waals surface area (Å²) in [5.41, 5.74) is 2.94. The minimum absolute atomic E-state index is 0.577. The summed E-state index contributed by atoms with van der Waals surface area (Å²) in [7, 11) is 1.60. The number of thiazole rings is 1. The molecule has 5 nitrogen and oxygen atoms in total. The monoisotopic (exact) mass is 250 g/mol. The maximum Gasteiger partial charge on any atom is 0.218 e.